The largest absolute Gasteiger partial charge is 0.306 e. The van der Waals surface area contributed by atoms with Crippen molar-refractivity contribution in [3.05, 3.63) is 69.4 Å². The van der Waals surface area contributed by atoms with E-state index in [1.165, 1.54) is 11.1 Å². The van der Waals surface area contributed by atoms with Crippen molar-refractivity contribution in [3.63, 3.8) is 0 Å². The predicted molar refractivity (Wildman–Crippen MR) is 80.5 cm³/mol. The molecule has 1 atom stereocenters. The fraction of sp³-hybridized carbons (Fsp3) is 0.250. The summed E-state index contributed by atoms with van der Waals surface area (Å²) in [6.07, 6.45) is 0. The Balaban J connectivity index is 2.02. The standard InChI is InChI=1S/C16H17BrFN/c1-11-5-3-4-6-14(11)12(2)19-10-13-7-8-15(17)16(18)9-13/h3-9,12,19H,10H2,1-2H3/t12-/m0/s1. The highest BCUT2D eigenvalue weighted by atomic mass is 79.9. The van der Waals surface area contributed by atoms with E-state index in [0.29, 0.717) is 11.0 Å². The highest BCUT2D eigenvalue weighted by Gasteiger charge is 2.07. The summed E-state index contributed by atoms with van der Waals surface area (Å²) in [6, 6.07) is 13.8. The normalized spacial score (nSPS) is 12.4. The summed E-state index contributed by atoms with van der Waals surface area (Å²) in [4.78, 5) is 0. The van der Waals surface area contributed by atoms with Crippen molar-refractivity contribution in [2.24, 2.45) is 0 Å². The molecule has 3 heteroatoms. The molecule has 100 valence electrons. The second-order valence-electron chi connectivity index (χ2n) is 4.71. The zero-order valence-corrected chi connectivity index (χ0v) is 12.7. The lowest BCUT2D eigenvalue weighted by Gasteiger charge is -2.16. The third-order valence-electron chi connectivity index (χ3n) is 3.25. The molecular weight excluding hydrogens is 305 g/mol. The van der Waals surface area contributed by atoms with Crippen LogP contribution in [0.2, 0.25) is 0 Å². The quantitative estimate of drug-likeness (QED) is 0.857. The molecule has 0 fully saturated rings. The second-order valence-corrected chi connectivity index (χ2v) is 5.56. The maximum atomic E-state index is 13.4. The van der Waals surface area contributed by atoms with Crippen LogP contribution in [0.3, 0.4) is 0 Å². The molecule has 0 saturated carbocycles. The van der Waals surface area contributed by atoms with Crippen molar-refractivity contribution in [3.8, 4) is 0 Å². The molecular formula is C16H17BrFN. The number of rotatable bonds is 4. The topological polar surface area (TPSA) is 12.0 Å². The van der Waals surface area contributed by atoms with Crippen LogP contribution in [0.25, 0.3) is 0 Å². The lowest BCUT2D eigenvalue weighted by molar-refractivity contribution is 0.566. The van der Waals surface area contributed by atoms with Gasteiger partial charge in [-0.15, -0.1) is 0 Å². The molecule has 0 unspecified atom stereocenters. The second kappa shape index (κ2) is 6.31. The molecule has 2 aromatic carbocycles. The fourth-order valence-electron chi connectivity index (χ4n) is 2.10. The van der Waals surface area contributed by atoms with Crippen LogP contribution in [0, 0.1) is 12.7 Å². The molecule has 1 N–H and O–H groups in total. The number of halogens is 2. The molecule has 19 heavy (non-hydrogen) atoms. The Morgan fingerprint density at radius 2 is 1.95 bits per heavy atom. The highest BCUT2D eigenvalue weighted by molar-refractivity contribution is 9.10. The Labute approximate surface area is 122 Å². The predicted octanol–water partition coefficient (Wildman–Crippen LogP) is 4.75. The van der Waals surface area contributed by atoms with Crippen molar-refractivity contribution < 1.29 is 4.39 Å². The molecule has 0 amide bonds. The van der Waals surface area contributed by atoms with E-state index in [1.807, 2.05) is 18.2 Å². The molecule has 1 nitrogen and oxygen atoms in total. The molecule has 0 aliphatic heterocycles. The SMILES string of the molecule is Cc1ccccc1[C@H](C)NCc1ccc(Br)c(F)c1. The van der Waals surface area contributed by atoms with Crippen LogP contribution in [0.5, 0.6) is 0 Å². The van der Waals surface area contributed by atoms with E-state index < -0.39 is 0 Å². The summed E-state index contributed by atoms with van der Waals surface area (Å²) in [5, 5.41) is 3.42. The Kier molecular flexibility index (Phi) is 4.72. The number of benzene rings is 2. The Hall–Kier alpha value is -1.19. The minimum absolute atomic E-state index is 0.220. The van der Waals surface area contributed by atoms with E-state index in [2.05, 4.69) is 47.2 Å². The van der Waals surface area contributed by atoms with Gasteiger partial charge < -0.3 is 5.32 Å². The van der Waals surface area contributed by atoms with E-state index in [0.717, 1.165) is 5.56 Å². The highest BCUT2D eigenvalue weighted by Crippen LogP contribution is 2.19. The van der Waals surface area contributed by atoms with Gasteiger partial charge in [-0.25, -0.2) is 4.39 Å². The first-order chi connectivity index (χ1) is 9.08. The zero-order valence-electron chi connectivity index (χ0n) is 11.1. The molecule has 0 saturated heterocycles. The van der Waals surface area contributed by atoms with Gasteiger partial charge in [0.15, 0.2) is 0 Å². The molecule has 0 spiro atoms. The van der Waals surface area contributed by atoms with Gasteiger partial charge in [-0.05, 0) is 58.6 Å². The van der Waals surface area contributed by atoms with Crippen LogP contribution in [0.4, 0.5) is 4.39 Å². The van der Waals surface area contributed by atoms with Crippen LogP contribution < -0.4 is 5.32 Å². The summed E-state index contributed by atoms with van der Waals surface area (Å²) in [5.74, 6) is -0.220. The van der Waals surface area contributed by atoms with Crippen LogP contribution >= 0.6 is 15.9 Å². The van der Waals surface area contributed by atoms with E-state index >= 15 is 0 Å². The van der Waals surface area contributed by atoms with E-state index in [9.17, 15) is 4.39 Å². The zero-order chi connectivity index (χ0) is 13.8. The van der Waals surface area contributed by atoms with Crippen LogP contribution in [0.1, 0.15) is 29.7 Å². The summed E-state index contributed by atoms with van der Waals surface area (Å²) < 4.78 is 13.9. The van der Waals surface area contributed by atoms with Gasteiger partial charge in [-0.1, -0.05) is 30.3 Å². The maximum Gasteiger partial charge on any atom is 0.137 e. The number of aryl methyl sites for hydroxylation is 1. The first kappa shape index (κ1) is 14.2. The average Bonchev–Trinajstić information content (AvgIpc) is 2.40. The molecule has 0 aromatic heterocycles. The third-order valence-corrected chi connectivity index (χ3v) is 3.89. The molecule has 0 radical (unpaired) electrons. The third kappa shape index (κ3) is 3.64. The first-order valence-corrected chi connectivity index (χ1v) is 7.10. The molecule has 0 heterocycles. The van der Waals surface area contributed by atoms with Crippen molar-refractivity contribution in [1.29, 1.82) is 0 Å². The van der Waals surface area contributed by atoms with E-state index in [1.54, 1.807) is 12.1 Å². The average molecular weight is 322 g/mol. The molecule has 0 aliphatic rings. The van der Waals surface area contributed by atoms with Crippen molar-refractivity contribution >= 4 is 15.9 Å². The smallest absolute Gasteiger partial charge is 0.137 e. The van der Waals surface area contributed by atoms with Gasteiger partial charge in [0.05, 0.1) is 4.47 Å². The summed E-state index contributed by atoms with van der Waals surface area (Å²) in [6.45, 7) is 4.88. The van der Waals surface area contributed by atoms with Crippen LogP contribution in [-0.2, 0) is 6.54 Å². The van der Waals surface area contributed by atoms with Gasteiger partial charge in [-0.2, -0.15) is 0 Å². The monoisotopic (exact) mass is 321 g/mol. The Morgan fingerprint density at radius 3 is 2.63 bits per heavy atom. The van der Waals surface area contributed by atoms with Crippen LogP contribution in [-0.4, -0.2) is 0 Å². The van der Waals surface area contributed by atoms with Gasteiger partial charge in [0.2, 0.25) is 0 Å². The summed E-state index contributed by atoms with van der Waals surface area (Å²) in [7, 11) is 0. The number of hydrogen-bond acceptors (Lipinski definition) is 1. The van der Waals surface area contributed by atoms with Gasteiger partial charge in [-0.3, -0.25) is 0 Å². The Bertz CT molecular complexity index is 568. The number of hydrogen-bond donors (Lipinski definition) is 1. The van der Waals surface area contributed by atoms with Crippen LogP contribution in [0.15, 0.2) is 46.9 Å². The van der Waals surface area contributed by atoms with Gasteiger partial charge >= 0.3 is 0 Å². The maximum absolute atomic E-state index is 13.4. The van der Waals surface area contributed by atoms with Crippen molar-refractivity contribution in [2.45, 2.75) is 26.4 Å². The summed E-state index contributed by atoms with van der Waals surface area (Å²) >= 11 is 3.16. The summed E-state index contributed by atoms with van der Waals surface area (Å²) in [5.41, 5.74) is 3.49. The molecule has 0 bridgehead atoms. The van der Waals surface area contributed by atoms with E-state index in [-0.39, 0.29) is 11.9 Å². The number of nitrogens with one attached hydrogen (secondary N) is 1. The van der Waals surface area contributed by atoms with Gasteiger partial charge in [0, 0.05) is 12.6 Å². The lowest BCUT2D eigenvalue weighted by Crippen LogP contribution is -2.18. The minimum atomic E-state index is -0.220. The van der Waals surface area contributed by atoms with Gasteiger partial charge in [0.1, 0.15) is 5.82 Å². The lowest BCUT2D eigenvalue weighted by atomic mass is 10.0. The van der Waals surface area contributed by atoms with Crippen molar-refractivity contribution in [2.75, 3.05) is 0 Å². The first-order valence-electron chi connectivity index (χ1n) is 6.31. The molecule has 2 rings (SSSR count). The fourth-order valence-corrected chi connectivity index (χ4v) is 2.35. The molecule has 2 aromatic rings. The Morgan fingerprint density at radius 1 is 1.21 bits per heavy atom. The van der Waals surface area contributed by atoms with Gasteiger partial charge in [0.25, 0.3) is 0 Å². The van der Waals surface area contributed by atoms with Crippen molar-refractivity contribution in [1.82, 2.24) is 5.32 Å². The minimum Gasteiger partial charge on any atom is -0.306 e. The van der Waals surface area contributed by atoms with E-state index in [4.69, 9.17) is 0 Å². The molecule has 0 aliphatic carbocycles.